The monoisotopic (exact) mass is 339 g/mol. The number of likely N-dealkylation sites (tertiary alicyclic amines) is 1. The highest BCUT2D eigenvalue weighted by Crippen LogP contribution is 2.27. The van der Waals surface area contributed by atoms with Gasteiger partial charge >= 0.3 is 0 Å². The highest BCUT2D eigenvalue weighted by molar-refractivity contribution is 7.90. The Balaban J connectivity index is 1.93. The molecule has 1 aliphatic heterocycles. The summed E-state index contributed by atoms with van der Waals surface area (Å²) >= 11 is 0. The molecule has 1 atom stereocenters. The molecule has 1 aliphatic rings. The Morgan fingerprint density at radius 1 is 1.35 bits per heavy atom. The Hall–Kier alpha value is -1.44. The lowest BCUT2D eigenvalue weighted by molar-refractivity contribution is -0.118. The largest absolute Gasteiger partial charge is 0.327 e. The van der Waals surface area contributed by atoms with Crippen LogP contribution in [0.1, 0.15) is 20.3 Å². The Labute approximate surface area is 138 Å². The highest BCUT2D eigenvalue weighted by atomic mass is 32.2. The second-order valence-electron chi connectivity index (χ2n) is 6.94. The van der Waals surface area contributed by atoms with Gasteiger partial charge < -0.3 is 11.1 Å². The van der Waals surface area contributed by atoms with E-state index in [2.05, 4.69) is 24.1 Å². The number of hydrogen-bond acceptors (Lipinski definition) is 5. The molecule has 0 saturated carbocycles. The summed E-state index contributed by atoms with van der Waals surface area (Å²) < 4.78 is 22.8. The first-order valence-corrected chi connectivity index (χ1v) is 9.55. The maximum atomic E-state index is 12.2. The molecule has 1 amide bonds. The van der Waals surface area contributed by atoms with Gasteiger partial charge in [0.15, 0.2) is 9.84 Å². The van der Waals surface area contributed by atoms with Crippen LogP contribution < -0.4 is 11.1 Å². The fourth-order valence-corrected chi connectivity index (χ4v) is 3.44. The summed E-state index contributed by atoms with van der Waals surface area (Å²) in [6.45, 7) is 6.14. The van der Waals surface area contributed by atoms with E-state index in [1.54, 1.807) is 12.1 Å². The molecule has 1 unspecified atom stereocenters. The molecule has 1 aromatic rings. The third kappa shape index (κ3) is 4.76. The molecule has 2 rings (SSSR count). The van der Waals surface area contributed by atoms with Gasteiger partial charge in [-0.3, -0.25) is 9.69 Å². The zero-order valence-electron chi connectivity index (χ0n) is 13.9. The number of piperidine rings is 1. The Morgan fingerprint density at radius 2 is 1.96 bits per heavy atom. The molecule has 0 radical (unpaired) electrons. The van der Waals surface area contributed by atoms with E-state index in [1.165, 1.54) is 12.1 Å². The SMILES string of the molecule is CC1(C)CN(CC(=O)Nc2ccc(S(C)(=O)=O)cc2)CCC1N. The third-order valence-electron chi connectivity index (χ3n) is 4.32. The molecule has 0 aromatic heterocycles. The first-order valence-electron chi connectivity index (χ1n) is 7.66. The first-order chi connectivity index (χ1) is 10.6. The van der Waals surface area contributed by atoms with Gasteiger partial charge in [-0.1, -0.05) is 13.8 Å². The van der Waals surface area contributed by atoms with E-state index in [0.29, 0.717) is 12.2 Å². The van der Waals surface area contributed by atoms with Gasteiger partial charge in [0.2, 0.25) is 5.91 Å². The molecule has 23 heavy (non-hydrogen) atoms. The highest BCUT2D eigenvalue weighted by Gasteiger charge is 2.33. The average molecular weight is 339 g/mol. The second-order valence-corrected chi connectivity index (χ2v) is 8.95. The number of rotatable bonds is 4. The van der Waals surface area contributed by atoms with E-state index < -0.39 is 9.84 Å². The number of carbonyl (C=O) groups is 1. The third-order valence-corrected chi connectivity index (χ3v) is 5.45. The van der Waals surface area contributed by atoms with Crippen LogP contribution in [0.4, 0.5) is 5.69 Å². The molecular weight excluding hydrogens is 314 g/mol. The predicted molar refractivity (Wildman–Crippen MR) is 91.0 cm³/mol. The molecule has 1 fully saturated rings. The van der Waals surface area contributed by atoms with E-state index in [-0.39, 0.29) is 22.3 Å². The van der Waals surface area contributed by atoms with Crippen molar-refractivity contribution in [1.82, 2.24) is 4.90 Å². The minimum atomic E-state index is -3.22. The van der Waals surface area contributed by atoms with Crippen LogP contribution in [0, 0.1) is 5.41 Å². The molecule has 0 bridgehead atoms. The zero-order chi connectivity index (χ0) is 17.3. The number of hydrogen-bond donors (Lipinski definition) is 2. The van der Waals surface area contributed by atoms with Crippen LogP contribution in [0.2, 0.25) is 0 Å². The summed E-state index contributed by atoms with van der Waals surface area (Å²) in [5, 5.41) is 2.80. The molecule has 3 N–H and O–H groups in total. The molecule has 6 nitrogen and oxygen atoms in total. The fourth-order valence-electron chi connectivity index (χ4n) is 2.81. The van der Waals surface area contributed by atoms with E-state index in [9.17, 15) is 13.2 Å². The van der Waals surface area contributed by atoms with Crippen molar-refractivity contribution in [2.75, 3.05) is 31.2 Å². The number of sulfone groups is 1. The quantitative estimate of drug-likeness (QED) is 0.856. The van der Waals surface area contributed by atoms with Gasteiger partial charge in [-0.05, 0) is 36.1 Å². The second kappa shape index (κ2) is 6.59. The predicted octanol–water partition coefficient (Wildman–Crippen LogP) is 1.09. The molecule has 1 saturated heterocycles. The van der Waals surface area contributed by atoms with E-state index >= 15 is 0 Å². The maximum Gasteiger partial charge on any atom is 0.238 e. The summed E-state index contributed by atoms with van der Waals surface area (Å²) in [5.74, 6) is -0.108. The van der Waals surface area contributed by atoms with Crippen molar-refractivity contribution in [2.45, 2.75) is 31.2 Å². The summed E-state index contributed by atoms with van der Waals surface area (Å²) in [4.78, 5) is 14.5. The van der Waals surface area contributed by atoms with Crippen LogP contribution in [0.15, 0.2) is 29.2 Å². The number of nitrogens with two attached hydrogens (primary N) is 1. The summed E-state index contributed by atoms with van der Waals surface area (Å²) in [6, 6.07) is 6.35. The zero-order valence-corrected chi connectivity index (χ0v) is 14.7. The lowest BCUT2D eigenvalue weighted by atomic mass is 9.80. The number of anilines is 1. The molecule has 7 heteroatoms. The first kappa shape index (κ1) is 17.9. The average Bonchev–Trinajstić information content (AvgIpc) is 2.42. The van der Waals surface area contributed by atoms with Gasteiger partial charge in [0.1, 0.15) is 0 Å². The smallest absolute Gasteiger partial charge is 0.238 e. The summed E-state index contributed by atoms with van der Waals surface area (Å²) in [5.41, 5.74) is 6.69. The van der Waals surface area contributed by atoms with Gasteiger partial charge in [0.05, 0.1) is 11.4 Å². The summed E-state index contributed by atoms with van der Waals surface area (Å²) in [6.07, 6.45) is 2.03. The number of benzene rings is 1. The van der Waals surface area contributed by atoms with Crippen molar-refractivity contribution < 1.29 is 13.2 Å². The van der Waals surface area contributed by atoms with Crippen molar-refractivity contribution in [3.05, 3.63) is 24.3 Å². The Kier molecular flexibility index (Phi) is 5.13. The van der Waals surface area contributed by atoms with Gasteiger partial charge in [-0.25, -0.2) is 8.42 Å². The van der Waals surface area contributed by atoms with Crippen LogP contribution in [0.5, 0.6) is 0 Å². The molecule has 0 spiro atoms. The van der Waals surface area contributed by atoms with Crippen LogP contribution in [-0.4, -0.2) is 51.2 Å². The Morgan fingerprint density at radius 3 is 2.48 bits per heavy atom. The van der Waals surface area contributed by atoms with Crippen LogP contribution in [0.3, 0.4) is 0 Å². The van der Waals surface area contributed by atoms with Crippen molar-refractivity contribution in [3.8, 4) is 0 Å². The fraction of sp³-hybridized carbons (Fsp3) is 0.562. The number of amides is 1. The standard InChI is InChI=1S/C16H25N3O3S/c1-16(2)11-19(9-8-14(16)17)10-15(20)18-12-4-6-13(7-5-12)23(3,21)22/h4-7,14H,8-11,17H2,1-3H3,(H,18,20). The van der Waals surface area contributed by atoms with Gasteiger partial charge in [-0.2, -0.15) is 0 Å². The van der Waals surface area contributed by atoms with Crippen LogP contribution >= 0.6 is 0 Å². The normalized spacial score (nSPS) is 21.8. The molecule has 128 valence electrons. The van der Waals surface area contributed by atoms with Crippen molar-refractivity contribution in [1.29, 1.82) is 0 Å². The molecule has 1 aromatic carbocycles. The molecule has 0 aliphatic carbocycles. The minimum absolute atomic E-state index is 0.00430. The number of nitrogens with one attached hydrogen (secondary N) is 1. The molecule has 1 heterocycles. The van der Waals surface area contributed by atoms with Gasteiger partial charge in [0.25, 0.3) is 0 Å². The van der Waals surface area contributed by atoms with Crippen molar-refractivity contribution in [3.63, 3.8) is 0 Å². The van der Waals surface area contributed by atoms with Gasteiger partial charge in [0, 0.05) is 31.1 Å². The Bertz CT molecular complexity index is 668. The van der Waals surface area contributed by atoms with E-state index in [4.69, 9.17) is 5.73 Å². The van der Waals surface area contributed by atoms with E-state index in [1.807, 2.05) is 0 Å². The van der Waals surface area contributed by atoms with Gasteiger partial charge in [-0.15, -0.1) is 0 Å². The van der Waals surface area contributed by atoms with Crippen LogP contribution in [0.25, 0.3) is 0 Å². The molecular formula is C16H25N3O3S. The lowest BCUT2D eigenvalue weighted by Gasteiger charge is -2.42. The number of nitrogens with zero attached hydrogens (tertiary/aromatic N) is 1. The topological polar surface area (TPSA) is 92.5 Å². The van der Waals surface area contributed by atoms with Crippen LogP contribution in [-0.2, 0) is 14.6 Å². The van der Waals surface area contributed by atoms with Crippen molar-refractivity contribution >= 4 is 21.4 Å². The van der Waals surface area contributed by atoms with Crippen molar-refractivity contribution in [2.24, 2.45) is 11.1 Å². The lowest BCUT2D eigenvalue weighted by Crippen LogP contribution is -2.53. The van der Waals surface area contributed by atoms with E-state index in [0.717, 1.165) is 25.8 Å². The minimum Gasteiger partial charge on any atom is -0.327 e. The number of carbonyl (C=O) groups excluding carboxylic acids is 1. The summed E-state index contributed by atoms with van der Waals surface area (Å²) in [7, 11) is -3.22. The maximum absolute atomic E-state index is 12.2.